The van der Waals surface area contributed by atoms with Gasteiger partial charge < -0.3 is 14.2 Å². The van der Waals surface area contributed by atoms with Gasteiger partial charge in [0, 0.05) is 13.5 Å². The molecule has 2 atom stereocenters. The topological polar surface area (TPSA) is 102 Å². The number of ether oxygens (including phenoxy) is 3. The average molecular weight is 561 g/mol. The van der Waals surface area contributed by atoms with Crippen molar-refractivity contribution in [2.45, 2.75) is 53.1 Å². The van der Waals surface area contributed by atoms with Gasteiger partial charge in [-0.15, -0.1) is 11.6 Å². The van der Waals surface area contributed by atoms with Crippen LogP contribution in [0.3, 0.4) is 0 Å². The number of para-hydroxylation sites is 2. The predicted molar refractivity (Wildman–Crippen MR) is 150 cm³/mol. The quantitative estimate of drug-likeness (QED) is 0.355. The van der Waals surface area contributed by atoms with Gasteiger partial charge in [0.1, 0.15) is 24.6 Å². The third-order valence-electron chi connectivity index (χ3n) is 6.43. The normalized spacial score (nSPS) is 15.0. The first kappa shape index (κ1) is 31.8. The lowest BCUT2D eigenvalue weighted by Crippen LogP contribution is -2.46. The molecule has 10 heteroatoms. The SMILES string of the molecule is COCC(=O)N(c1c(C)cccc1C)C(C)C(=O)OC.Cc1cccc(C)c1N(C(=O)CCl)C1CCOC1=O. The van der Waals surface area contributed by atoms with Gasteiger partial charge in [0.25, 0.3) is 5.91 Å². The fourth-order valence-electron chi connectivity index (χ4n) is 4.61. The molecule has 2 aromatic carbocycles. The van der Waals surface area contributed by atoms with Crippen molar-refractivity contribution >= 4 is 46.7 Å². The summed E-state index contributed by atoms with van der Waals surface area (Å²) in [5.41, 5.74) is 5.22. The first-order valence-corrected chi connectivity index (χ1v) is 13.1. The van der Waals surface area contributed by atoms with Crippen LogP contribution in [0.2, 0.25) is 0 Å². The van der Waals surface area contributed by atoms with E-state index in [4.69, 9.17) is 25.8 Å². The van der Waals surface area contributed by atoms with E-state index in [1.807, 2.05) is 64.1 Å². The van der Waals surface area contributed by atoms with Gasteiger partial charge in [-0.1, -0.05) is 36.4 Å². The Morgan fingerprint density at radius 2 is 1.46 bits per heavy atom. The zero-order valence-corrected chi connectivity index (χ0v) is 24.3. The number of aryl methyl sites for hydroxylation is 4. The molecule has 0 aromatic heterocycles. The lowest BCUT2D eigenvalue weighted by molar-refractivity contribution is -0.143. The van der Waals surface area contributed by atoms with Crippen LogP contribution in [0.5, 0.6) is 0 Å². The van der Waals surface area contributed by atoms with E-state index in [2.05, 4.69) is 0 Å². The number of esters is 2. The molecule has 0 N–H and O–H groups in total. The van der Waals surface area contributed by atoms with Crippen LogP contribution in [-0.2, 0) is 33.4 Å². The number of anilines is 2. The highest BCUT2D eigenvalue weighted by atomic mass is 35.5. The number of alkyl halides is 1. The molecule has 0 radical (unpaired) electrons. The Morgan fingerprint density at radius 3 is 1.87 bits per heavy atom. The summed E-state index contributed by atoms with van der Waals surface area (Å²) in [6.45, 7) is 9.54. The molecule has 212 valence electrons. The summed E-state index contributed by atoms with van der Waals surface area (Å²) >= 11 is 5.68. The zero-order chi connectivity index (χ0) is 29.3. The van der Waals surface area contributed by atoms with E-state index < -0.39 is 18.1 Å². The van der Waals surface area contributed by atoms with Crippen molar-refractivity contribution in [1.82, 2.24) is 0 Å². The first-order chi connectivity index (χ1) is 18.5. The van der Waals surface area contributed by atoms with Crippen LogP contribution >= 0.6 is 11.6 Å². The van der Waals surface area contributed by atoms with E-state index in [1.54, 1.807) is 6.92 Å². The monoisotopic (exact) mass is 560 g/mol. The van der Waals surface area contributed by atoms with Crippen LogP contribution in [0.1, 0.15) is 35.6 Å². The molecule has 1 aliphatic rings. The fourth-order valence-corrected chi connectivity index (χ4v) is 4.74. The molecule has 0 spiro atoms. The third-order valence-corrected chi connectivity index (χ3v) is 6.66. The number of hydrogen-bond acceptors (Lipinski definition) is 7. The number of rotatable bonds is 8. The summed E-state index contributed by atoms with van der Waals surface area (Å²) in [7, 11) is 2.76. The maximum absolute atomic E-state index is 12.3. The van der Waals surface area contributed by atoms with Crippen LogP contribution in [-0.4, -0.2) is 69.2 Å². The zero-order valence-electron chi connectivity index (χ0n) is 23.6. The molecule has 0 aliphatic carbocycles. The molecule has 1 fully saturated rings. The van der Waals surface area contributed by atoms with Crippen molar-refractivity contribution in [1.29, 1.82) is 0 Å². The van der Waals surface area contributed by atoms with Crippen molar-refractivity contribution in [3.05, 3.63) is 58.7 Å². The number of methoxy groups -OCH3 is 2. The molecule has 2 aromatic rings. The summed E-state index contributed by atoms with van der Waals surface area (Å²) in [6, 6.07) is 10.2. The number of cyclic esters (lactones) is 1. The second-order valence-corrected chi connectivity index (χ2v) is 9.51. The van der Waals surface area contributed by atoms with Gasteiger partial charge in [0.05, 0.1) is 25.1 Å². The molecule has 9 nitrogen and oxygen atoms in total. The van der Waals surface area contributed by atoms with E-state index in [0.717, 1.165) is 33.6 Å². The second kappa shape index (κ2) is 14.6. The van der Waals surface area contributed by atoms with Gasteiger partial charge in [0.15, 0.2) is 0 Å². The van der Waals surface area contributed by atoms with Crippen molar-refractivity contribution in [3.8, 4) is 0 Å². The molecule has 1 aliphatic heterocycles. The molecule has 2 amide bonds. The number of halogens is 1. The van der Waals surface area contributed by atoms with Gasteiger partial charge in [-0.25, -0.2) is 9.59 Å². The minimum Gasteiger partial charge on any atom is -0.467 e. The van der Waals surface area contributed by atoms with Gasteiger partial charge in [-0.3, -0.25) is 19.4 Å². The van der Waals surface area contributed by atoms with Gasteiger partial charge in [-0.2, -0.15) is 0 Å². The Balaban J connectivity index is 0.000000274. The highest BCUT2D eigenvalue weighted by Crippen LogP contribution is 2.30. The number of benzene rings is 2. The summed E-state index contributed by atoms with van der Waals surface area (Å²) in [5.74, 6) is -1.53. The molecule has 1 heterocycles. The Bertz CT molecular complexity index is 1160. The highest BCUT2D eigenvalue weighted by molar-refractivity contribution is 6.30. The number of carbonyl (C=O) groups excluding carboxylic acids is 4. The number of nitrogens with zero attached hydrogens (tertiary/aromatic N) is 2. The van der Waals surface area contributed by atoms with Crippen LogP contribution in [0, 0.1) is 27.7 Å². The van der Waals surface area contributed by atoms with Crippen LogP contribution in [0.25, 0.3) is 0 Å². The lowest BCUT2D eigenvalue weighted by Gasteiger charge is -2.30. The number of amides is 2. The van der Waals surface area contributed by atoms with Crippen molar-refractivity contribution < 1.29 is 33.4 Å². The van der Waals surface area contributed by atoms with Crippen LogP contribution < -0.4 is 9.80 Å². The molecular weight excluding hydrogens is 524 g/mol. The molecule has 1 saturated heterocycles. The summed E-state index contributed by atoms with van der Waals surface area (Å²) in [4.78, 5) is 51.0. The van der Waals surface area contributed by atoms with E-state index >= 15 is 0 Å². The highest BCUT2D eigenvalue weighted by Gasteiger charge is 2.37. The van der Waals surface area contributed by atoms with Crippen LogP contribution in [0.4, 0.5) is 11.4 Å². The van der Waals surface area contributed by atoms with E-state index in [-0.39, 0.29) is 30.3 Å². The number of carbonyl (C=O) groups is 4. The minimum absolute atomic E-state index is 0.0882. The Morgan fingerprint density at radius 1 is 0.949 bits per heavy atom. The second-order valence-electron chi connectivity index (χ2n) is 9.25. The smallest absolute Gasteiger partial charge is 0.329 e. The fraction of sp³-hybridized carbons (Fsp3) is 0.448. The van der Waals surface area contributed by atoms with E-state index in [0.29, 0.717) is 13.0 Å². The average Bonchev–Trinajstić information content (AvgIpc) is 3.32. The van der Waals surface area contributed by atoms with Crippen molar-refractivity contribution in [3.63, 3.8) is 0 Å². The lowest BCUT2D eigenvalue weighted by atomic mass is 10.0. The largest absolute Gasteiger partial charge is 0.467 e. The molecule has 3 rings (SSSR count). The predicted octanol–water partition coefficient (Wildman–Crippen LogP) is 4.04. The third kappa shape index (κ3) is 7.58. The van der Waals surface area contributed by atoms with Crippen molar-refractivity contribution in [2.75, 3.05) is 43.1 Å². The Kier molecular flexibility index (Phi) is 11.9. The van der Waals surface area contributed by atoms with Crippen LogP contribution in [0.15, 0.2) is 36.4 Å². The van der Waals surface area contributed by atoms with Crippen molar-refractivity contribution in [2.24, 2.45) is 0 Å². The molecular formula is C29H37ClN2O7. The molecule has 0 saturated carbocycles. The summed E-state index contributed by atoms with van der Waals surface area (Å²) in [5, 5.41) is 0. The molecule has 2 unspecified atom stereocenters. The Labute approximate surface area is 235 Å². The first-order valence-electron chi connectivity index (χ1n) is 12.6. The van der Waals surface area contributed by atoms with Gasteiger partial charge in [0.2, 0.25) is 5.91 Å². The Hall–Kier alpha value is -3.43. The van der Waals surface area contributed by atoms with E-state index in [9.17, 15) is 19.2 Å². The molecule has 0 bridgehead atoms. The number of hydrogen-bond donors (Lipinski definition) is 0. The van der Waals surface area contributed by atoms with Gasteiger partial charge >= 0.3 is 11.9 Å². The minimum atomic E-state index is -0.706. The van der Waals surface area contributed by atoms with Gasteiger partial charge in [-0.05, 0) is 56.9 Å². The van der Waals surface area contributed by atoms with E-state index in [1.165, 1.54) is 24.0 Å². The summed E-state index contributed by atoms with van der Waals surface area (Å²) < 4.78 is 14.6. The maximum atomic E-state index is 12.3. The molecule has 39 heavy (non-hydrogen) atoms. The maximum Gasteiger partial charge on any atom is 0.329 e. The standard InChI is InChI=1S/C15H21NO4.C14H16ClNO3/c1-10-7-6-8-11(2)14(10)16(13(17)9-19-4)12(3)15(18)20-5;1-9-4-3-5-10(2)13(9)16(12(17)8-15)11-6-7-19-14(11)18/h6-8,12H,9H2,1-5H3;3-5,11H,6-8H2,1-2H3. The summed E-state index contributed by atoms with van der Waals surface area (Å²) in [6.07, 6.45) is 0.509.